The average molecular weight is 316 g/mol. The van der Waals surface area contributed by atoms with Gasteiger partial charge in [0.05, 0.1) is 6.54 Å². The Labute approximate surface area is 123 Å². The predicted octanol–water partition coefficient (Wildman–Crippen LogP) is 1.98. The van der Waals surface area contributed by atoms with Crippen LogP contribution < -0.4 is 10.5 Å². The molecular formula is C13H20N2O3S2. The van der Waals surface area contributed by atoms with Crippen molar-refractivity contribution in [2.75, 3.05) is 0 Å². The number of carbonyl (C=O) groups excluding carboxylic acids is 1. The molecule has 5 nitrogen and oxygen atoms in total. The highest BCUT2D eigenvalue weighted by atomic mass is 32.2. The molecule has 0 atom stereocenters. The Hall–Kier alpha value is -0.920. The van der Waals surface area contributed by atoms with Gasteiger partial charge in [0.15, 0.2) is 0 Å². The second kappa shape index (κ2) is 6.69. The molecule has 0 unspecified atom stereocenters. The lowest BCUT2D eigenvalue weighted by Crippen LogP contribution is -2.29. The van der Waals surface area contributed by atoms with Crippen molar-refractivity contribution in [1.82, 2.24) is 5.32 Å². The molecule has 2 rings (SSSR count). The standard InChI is InChI=1S/C13H20N2O3S2/c14-20(17,18)12-8-7-11(19-12)9-15-13(16)10-5-3-1-2-4-6-10/h7-8,10H,1-6,9H2,(H,15,16)(H2,14,17,18). The largest absolute Gasteiger partial charge is 0.351 e. The van der Waals surface area contributed by atoms with Gasteiger partial charge >= 0.3 is 0 Å². The SMILES string of the molecule is NS(=O)(=O)c1ccc(CNC(=O)C2CCCCCC2)s1. The van der Waals surface area contributed by atoms with Crippen molar-refractivity contribution >= 4 is 27.3 Å². The van der Waals surface area contributed by atoms with Crippen molar-refractivity contribution in [2.45, 2.75) is 49.3 Å². The summed E-state index contributed by atoms with van der Waals surface area (Å²) in [4.78, 5) is 12.9. The molecule has 0 saturated heterocycles. The van der Waals surface area contributed by atoms with Crippen molar-refractivity contribution in [3.63, 3.8) is 0 Å². The summed E-state index contributed by atoms with van der Waals surface area (Å²) in [6, 6.07) is 3.17. The second-order valence-corrected chi connectivity index (χ2v) is 8.13. The summed E-state index contributed by atoms with van der Waals surface area (Å²) in [5.41, 5.74) is 0. The first-order valence-electron chi connectivity index (χ1n) is 6.86. The molecule has 0 aliphatic heterocycles. The fourth-order valence-electron chi connectivity index (χ4n) is 2.47. The summed E-state index contributed by atoms with van der Waals surface area (Å²) < 4.78 is 22.5. The van der Waals surface area contributed by atoms with Crippen molar-refractivity contribution in [1.29, 1.82) is 0 Å². The van der Waals surface area contributed by atoms with E-state index in [4.69, 9.17) is 5.14 Å². The van der Waals surface area contributed by atoms with Crippen LogP contribution in [0.1, 0.15) is 43.4 Å². The lowest BCUT2D eigenvalue weighted by atomic mass is 9.99. The Morgan fingerprint density at radius 2 is 1.90 bits per heavy atom. The minimum Gasteiger partial charge on any atom is -0.351 e. The van der Waals surface area contributed by atoms with E-state index in [0.29, 0.717) is 6.54 Å². The molecule has 1 heterocycles. The molecule has 112 valence electrons. The highest BCUT2D eigenvalue weighted by Gasteiger charge is 2.20. The zero-order chi connectivity index (χ0) is 14.6. The van der Waals surface area contributed by atoms with Crippen molar-refractivity contribution in [2.24, 2.45) is 11.1 Å². The molecule has 0 bridgehead atoms. The van der Waals surface area contributed by atoms with E-state index in [1.54, 1.807) is 6.07 Å². The van der Waals surface area contributed by atoms with Crippen LogP contribution in [0.25, 0.3) is 0 Å². The van der Waals surface area contributed by atoms with E-state index in [9.17, 15) is 13.2 Å². The van der Waals surface area contributed by atoms with Crippen LogP contribution in [0.5, 0.6) is 0 Å². The number of rotatable bonds is 4. The number of sulfonamides is 1. The van der Waals surface area contributed by atoms with Gasteiger partial charge in [0.1, 0.15) is 4.21 Å². The smallest absolute Gasteiger partial charge is 0.247 e. The Bertz CT molecular complexity index is 558. The van der Waals surface area contributed by atoms with E-state index in [-0.39, 0.29) is 16.0 Å². The van der Waals surface area contributed by atoms with Gasteiger partial charge in [-0.2, -0.15) is 0 Å². The Balaban J connectivity index is 1.88. The first-order chi connectivity index (χ1) is 9.47. The lowest BCUT2D eigenvalue weighted by Gasteiger charge is -2.13. The van der Waals surface area contributed by atoms with E-state index in [1.165, 1.54) is 18.9 Å². The van der Waals surface area contributed by atoms with E-state index >= 15 is 0 Å². The van der Waals surface area contributed by atoms with Crippen LogP contribution in [-0.2, 0) is 21.4 Å². The molecule has 0 spiro atoms. The van der Waals surface area contributed by atoms with Crippen LogP contribution >= 0.6 is 11.3 Å². The van der Waals surface area contributed by atoms with Crippen LogP contribution in [0.15, 0.2) is 16.3 Å². The summed E-state index contributed by atoms with van der Waals surface area (Å²) >= 11 is 1.10. The van der Waals surface area contributed by atoms with E-state index in [1.807, 2.05) is 0 Å². The molecule has 3 N–H and O–H groups in total. The number of primary sulfonamides is 1. The van der Waals surface area contributed by atoms with Gasteiger partial charge in [0.25, 0.3) is 0 Å². The van der Waals surface area contributed by atoms with Crippen LogP contribution in [0.3, 0.4) is 0 Å². The summed E-state index contributed by atoms with van der Waals surface area (Å²) in [6.45, 7) is 0.371. The molecule has 1 aliphatic carbocycles. The highest BCUT2D eigenvalue weighted by Crippen LogP contribution is 2.24. The summed E-state index contributed by atoms with van der Waals surface area (Å²) in [5.74, 6) is 0.188. The molecule has 0 aromatic carbocycles. The molecule has 1 aliphatic rings. The van der Waals surface area contributed by atoms with Crippen molar-refractivity contribution in [3.05, 3.63) is 17.0 Å². The Morgan fingerprint density at radius 1 is 1.25 bits per heavy atom. The third-order valence-corrected chi connectivity index (χ3v) is 6.10. The minimum absolute atomic E-state index is 0.0810. The van der Waals surface area contributed by atoms with Crippen molar-refractivity contribution < 1.29 is 13.2 Å². The topological polar surface area (TPSA) is 89.3 Å². The van der Waals surface area contributed by atoms with E-state index in [2.05, 4.69) is 5.32 Å². The average Bonchev–Trinajstić information content (AvgIpc) is 2.70. The van der Waals surface area contributed by atoms with Crippen molar-refractivity contribution in [3.8, 4) is 0 Å². The van der Waals surface area contributed by atoms with Gasteiger partial charge < -0.3 is 5.32 Å². The van der Waals surface area contributed by atoms with Gasteiger partial charge in [-0.3, -0.25) is 4.79 Å². The van der Waals surface area contributed by atoms with Crippen LogP contribution in [0.4, 0.5) is 0 Å². The fourth-order valence-corrected chi connectivity index (χ4v) is 4.18. The normalized spacial score (nSPS) is 17.6. The van der Waals surface area contributed by atoms with Crippen LogP contribution in [0, 0.1) is 5.92 Å². The lowest BCUT2D eigenvalue weighted by molar-refractivity contribution is -0.125. The molecule has 1 amide bonds. The fraction of sp³-hybridized carbons (Fsp3) is 0.615. The molecular weight excluding hydrogens is 296 g/mol. The molecule has 7 heteroatoms. The summed E-state index contributed by atoms with van der Waals surface area (Å²) in [7, 11) is -3.64. The third kappa shape index (κ3) is 4.29. The van der Waals surface area contributed by atoms with E-state index < -0.39 is 10.0 Å². The summed E-state index contributed by atoms with van der Waals surface area (Å²) in [5, 5.41) is 7.95. The zero-order valence-electron chi connectivity index (χ0n) is 11.3. The number of thiophene rings is 1. The van der Waals surface area contributed by atoms with Gasteiger partial charge in [0.2, 0.25) is 15.9 Å². The second-order valence-electron chi connectivity index (χ2n) is 5.17. The molecule has 20 heavy (non-hydrogen) atoms. The van der Waals surface area contributed by atoms with Gasteiger partial charge in [-0.1, -0.05) is 25.7 Å². The number of nitrogens with two attached hydrogens (primary N) is 1. The monoisotopic (exact) mass is 316 g/mol. The first-order valence-corrected chi connectivity index (χ1v) is 9.22. The number of amides is 1. The highest BCUT2D eigenvalue weighted by molar-refractivity contribution is 7.91. The third-order valence-electron chi connectivity index (χ3n) is 3.58. The maximum Gasteiger partial charge on any atom is 0.247 e. The maximum atomic E-state index is 12.1. The molecule has 1 aromatic heterocycles. The predicted molar refractivity (Wildman–Crippen MR) is 78.7 cm³/mol. The number of hydrogen-bond donors (Lipinski definition) is 2. The summed E-state index contributed by atoms with van der Waals surface area (Å²) in [6.07, 6.45) is 6.58. The number of nitrogens with one attached hydrogen (secondary N) is 1. The number of hydrogen-bond acceptors (Lipinski definition) is 4. The molecule has 1 fully saturated rings. The number of carbonyl (C=O) groups is 1. The Morgan fingerprint density at radius 3 is 2.45 bits per heavy atom. The molecule has 1 saturated carbocycles. The van der Waals surface area contributed by atoms with Gasteiger partial charge in [-0.15, -0.1) is 11.3 Å². The maximum absolute atomic E-state index is 12.1. The Kier molecular flexibility index (Phi) is 5.17. The van der Waals surface area contributed by atoms with Gasteiger partial charge in [-0.05, 0) is 25.0 Å². The molecule has 1 aromatic rings. The van der Waals surface area contributed by atoms with Gasteiger partial charge in [-0.25, -0.2) is 13.6 Å². The minimum atomic E-state index is -3.64. The molecule has 0 radical (unpaired) electrons. The zero-order valence-corrected chi connectivity index (χ0v) is 12.9. The first kappa shape index (κ1) is 15.5. The van der Waals surface area contributed by atoms with E-state index in [0.717, 1.165) is 41.9 Å². The van der Waals surface area contributed by atoms with Crippen LogP contribution in [0.2, 0.25) is 0 Å². The van der Waals surface area contributed by atoms with Crippen LogP contribution in [-0.4, -0.2) is 14.3 Å². The van der Waals surface area contributed by atoms with Gasteiger partial charge in [0, 0.05) is 10.8 Å². The quantitative estimate of drug-likeness (QED) is 0.832.